The molecule has 0 atom stereocenters. The van der Waals surface area contributed by atoms with Gasteiger partial charge >= 0.3 is 6.18 Å². The molecule has 0 aliphatic heterocycles. The summed E-state index contributed by atoms with van der Waals surface area (Å²) >= 11 is 5.73. The number of aromatic nitrogens is 4. The zero-order valence-electron chi connectivity index (χ0n) is 10.4. The van der Waals surface area contributed by atoms with Crippen LogP contribution in [0, 0.1) is 0 Å². The van der Waals surface area contributed by atoms with Gasteiger partial charge in [-0.2, -0.15) is 23.3 Å². The second-order valence-corrected chi connectivity index (χ2v) is 4.35. The molecule has 0 saturated heterocycles. The van der Waals surface area contributed by atoms with Crippen LogP contribution in [0.25, 0.3) is 0 Å². The van der Waals surface area contributed by atoms with Crippen molar-refractivity contribution < 1.29 is 17.7 Å². The fourth-order valence-electron chi connectivity index (χ4n) is 1.48. The van der Waals surface area contributed by atoms with Crippen LogP contribution in [-0.4, -0.2) is 32.6 Å². The number of nitrogens with one attached hydrogen (secondary N) is 1. The lowest BCUT2D eigenvalue weighted by Gasteiger charge is -2.11. The lowest BCUT2D eigenvalue weighted by atomic mass is 10.3. The summed E-state index contributed by atoms with van der Waals surface area (Å²) in [6.07, 6.45) is -1.93. The van der Waals surface area contributed by atoms with Crippen LogP contribution in [0.1, 0.15) is 5.82 Å². The van der Waals surface area contributed by atoms with Gasteiger partial charge in [-0.05, 0) is 0 Å². The Bertz CT molecular complexity index is 656. The van der Waals surface area contributed by atoms with Crippen LogP contribution in [0.4, 0.5) is 18.9 Å². The second-order valence-electron chi connectivity index (χ2n) is 3.97. The lowest BCUT2D eigenvalue weighted by Crippen LogP contribution is -2.31. The molecule has 0 radical (unpaired) electrons. The molecule has 0 aromatic carbocycles. The van der Waals surface area contributed by atoms with Crippen molar-refractivity contribution in [2.24, 2.45) is 0 Å². The summed E-state index contributed by atoms with van der Waals surface area (Å²) in [5, 5.41) is 9.42. The minimum Gasteiger partial charge on any atom is -0.382 e. The molecule has 0 saturated carbocycles. The van der Waals surface area contributed by atoms with Gasteiger partial charge in [0.05, 0.1) is 11.9 Å². The molecule has 2 rings (SSSR count). The van der Waals surface area contributed by atoms with E-state index in [9.17, 15) is 18.0 Å². The number of alkyl halides is 3. The molecule has 114 valence electrons. The molecule has 11 heteroatoms. The van der Waals surface area contributed by atoms with Crippen molar-refractivity contribution in [2.45, 2.75) is 19.1 Å². The molecular weight excluding hydrogens is 315 g/mol. The predicted octanol–water partition coefficient (Wildman–Crippen LogP) is 1.50. The SMILES string of the molecule is O=c1c(Cl)c(NCCc2ncon2)cnn1CC(F)(F)F. The highest BCUT2D eigenvalue weighted by molar-refractivity contribution is 6.32. The van der Waals surface area contributed by atoms with Crippen LogP contribution in [0.5, 0.6) is 0 Å². The van der Waals surface area contributed by atoms with Crippen LogP contribution in [-0.2, 0) is 13.0 Å². The summed E-state index contributed by atoms with van der Waals surface area (Å²) in [5.41, 5.74) is -0.873. The highest BCUT2D eigenvalue weighted by Gasteiger charge is 2.29. The van der Waals surface area contributed by atoms with Crippen LogP contribution < -0.4 is 10.9 Å². The maximum atomic E-state index is 12.2. The van der Waals surface area contributed by atoms with Crippen LogP contribution >= 0.6 is 11.6 Å². The first-order valence-electron chi connectivity index (χ1n) is 5.68. The Balaban J connectivity index is 2.04. The molecule has 0 unspecified atom stereocenters. The zero-order valence-corrected chi connectivity index (χ0v) is 11.1. The first-order chi connectivity index (χ1) is 9.87. The van der Waals surface area contributed by atoms with Crippen molar-refractivity contribution in [1.82, 2.24) is 19.9 Å². The Kier molecular flexibility index (Phi) is 4.46. The fraction of sp³-hybridized carbons (Fsp3) is 0.400. The molecular formula is C10H9ClF3N5O2. The van der Waals surface area contributed by atoms with E-state index in [0.717, 1.165) is 6.20 Å². The second kappa shape index (κ2) is 6.12. The quantitative estimate of drug-likeness (QED) is 0.897. The molecule has 0 fully saturated rings. The fourth-order valence-corrected chi connectivity index (χ4v) is 1.70. The summed E-state index contributed by atoms with van der Waals surface area (Å²) in [7, 11) is 0. The van der Waals surface area contributed by atoms with Gasteiger partial charge in [0.25, 0.3) is 5.56 Å². The van der Waals surface area contributed by atoms with E-state index < -0.39 is 18.3 Å². The van der Waals surface area contributed by atoms with Gasteiger partial charge in [0.2, 0.25) is 6.39 Å². The van der Waals surface area contributed by atoms with Crippen LogP contribution in [0.3, 0.4) is 0 Å². The van der Waals surface area contributed by atoms with Gasteiger partial charge < -0.3 is 9.84 Å². The number of halogens is 4. The first-order valence-corrected chi connectivity index (χ1v) is 6.06. The smallest absolute Gasteiger partial charge is 0.382 e. The normalized spacial score (nSPS) is 11.6. The zero-order chi connectivity index (χ0) is 15.5. The number of anilines is 1. The van der Waals surface area contributed by atoms with Crippen molar-refractivity contribution in [3.05, 3.63) is 33.8 Å². The van der Waals surface area contributed by atoms with Gasteiger partial charge in [-0.3, -0.25) is 4.79 Å². The molecule has 7 nitrogen and oxygen atoms in total. The molecule has 21 heavy (non-hydrogen) atoms. The summed E-state index contributed by atoms with van der Waals surface area (Å²) in [4.78, 5) is 15.4. The van der Waals surface area contributed by atoms with Crippen LogP contribution in [0.2, 0.25) is 5.02 Å². The largest absolute Gasteiger partial charge is 0.408 e. The van der Waals surface area contributed by atoms with Crippen LogP contribution in [0.15, 0.2) is 21.9 Å². The Morgan fingerprint density at radius 1 is 1.43 bits per heavy atom. The summed E-state index contributed by atoms with van der Waals surface area (Å²) in [5.74, 6) is 0.442. The third kappa shape index (κ3) is 4.18. The Morgan fingerprint density at radius 2 is 2.19 bits per heavy atom. The predicted molar refractivity (Wildman–Crippen MR) is 66.1 cm³/mol. The van der Waals surface area contributed by atoms with E-state index in [1.165, 1.54) is 6.39 Å². The minimum absolute atomic E-state index is 0.142. The van der Waals surface area contributed by atoms with Gasteiger partial charge in [0.15, 0.2) is 5.82 Å². The minimum atomic E-state index is -4.55. The molecule has 2 heterocycles. The van der Waals surface area contributed by atoms with Crippen molar-refractivity contribution >= 4 is 17.3 Å². The monoisotopic (exact) mass is 323 g/mol. The molecule has 2 aromatic rings. The van der Waals surface area contributed by atoms with Crippen molar-refractivity contribution in [2.75, 3.05) is 11.9 Å². The average molecular weight is 324 g/mol. The Labute approximate surface area is 120 Å². The van der Waals surface area contributed by atoms with Gasteiger partial charge in [-0.25, -0.2) is 4.68 Å². The third-order valence-electron chi connectivity index (χ3n) is 2.38. The van der Waals surface area contributed by atoms with E-state index in [2.05, 4.69) is 25.1 Å². The Hall–Kier alpha value is -2.10. The number of hydrogen-bond donors (Lipinski definition) is 1. The maximum Gasteiger partial charge on any atom is 0.408 e. The number of hydrogen-bond acceptors (Lipinski definition) is 6. The van der Waals surface area contributed by atoms with Crippen molar-refractivity contribution in [3.63, 3.8) is 0 Å². The topological polar surface area (TPSA) is 85.8 Å². The van der Waals surface area contributed by atoms with E-state index in [-0.39, 0.29) is 15.4 Å². The molecule has 0 spiro atoms. The highest BCUT2D eigenvalue weighted by Crippen LogP contribution is 2.19. The van der Waals surface area contributed by atoms with Crippen molar-refractivity contribution in [1.29, 1.82) is 0 Å². The number of rotatable bonds is 5. The highest BCUT2D eigenvalue weighted by atomic mass is 35.5. The van der Waals surface area contributed by atoms with Gasteiger partial charge in [0.1, 0.15) is 11.6 Å². The van der Waals surface area contributed by atoms with E-state index in [0.29, 0.717) is 18.8 Å². The molecule has 0 amide bonds. The average Bonchev–Trinajstić information content (AvgIpc) is 2.89. The molecule has 2 aromatic heterocycles. The summed E-state index contributed by atoms with van der Waals surface area (Å²) < 4.78 is 41.5. The Morgan fingerprint density at radius 3 is 2.81 bits per heavy atom. The molecule has 0 aliphatic rings. The standard InChI is InChI=1S/C10H9ClF3N5O2/c11-8-6(15-2-1-7-16-5-21-18-7)3-17-19(9(8)20)4-10(12,13)14/h3,5,15H,1-2,4H2. The maximum absolute atomic E-state index is 12.2. The van der Waals surface area contributed by atoms with Gasteiger partial charge in [-0.15, -0.1) is 0 Å². The van der Waals surface area contributed by atoms with E-state index in [1.54, 1.807) is 0 Å². The van der Waals surface area contributed by atoms with Gasteiger partial charge in [-0.1, -0.05) is 16.8 Å². The van der Waals surface area contributed by atoms with Gasteiger partial charge in [0, 0.05) is 13.0 Å². The van der Waals surface area contributed by atoms with E-state index in [1.807, 2.05) is 0 Å². The van der Waals surface area contributed by atoms with Crippen molar-refractivity contribution in [3.8, 4) is 0 Å². The summed E-state index contributed by atoms with van der Waals surface area (Å²) in [6.45, 7) is -1.18. The number of nitrogens with zero attached hydrogens (tertiary/aromatic N) is 4. The molecule has 0 bridgehead atoms. The first kappa shape index (κ1) is 15.3. The summed E-state index contributed by atoms with van der Waals surface area (Å²) in [6, 6.07) is 0. The molecule has 0 aliphatic carbocycles. The van der Waals surface area contributed by atoms with E-state index >= 15 is 0 Å². The molecule has 1 N–H and O–H groups in total. The lowest BCUT2D eigenvalue weighted by molar-refractivity contribution is -0.143. The van der Waals surface area contributed by atoms with E-state index in [4.69, 9.17) is 11.6 Å². The third-order valence-corrected chi connectivity index (χ3v) is 2.75.